The van der Waals surface area contributed by atoms with E-state index in [4.69, 9.17) is 9.47 Å². The number of hydrogen-bond donors (Lipinski definition) is 0. The summed E-state index contributed by atoms with van der Waals surface area (Å²) in [6, 6.07) is 5.07. The van der Waals surface area contributed by atoms with Crippen molar-refractivity contribution in [3.63, 3.8) is 0 Å². The maximum atomic E-state index is 12.1. The minimum atomic E-state index is -4.75. The molecule has 1 aromatic rings. The average molecular weight is 432 g/mol. The van der Waals surface area contributed by atoms with Crippen LogP contribution >= 0.6 is 0 Å². The van der Waals surface area contributed by atoms with Gasteiger partial charge in [-0.25, -0.2) is 0 Å². The van der Waals surface area contributed by atoms with Crippen molar-refractivity contribution in [2.24, 2.45) is 0 Å². The van der Waals surface area contributed by atoms with E-state index < -0.39 is 12.3 Å². The van der Waals surface area contributed by atoms with Gasteiger partial charge in [0.05, 0.1) is 6.61 Å². The summed E-state index contributed by atoms with van der Waals surface area (Å²) in [6.07, 6.45) is 3.81. The smallest absolute Gasteiger partial charge is 0.466 e. The van der Waals surface area contributed by atoms with E-state index in [2.05, 4.69) is 11.7 Å². The Labute approximate surface area is 175 Å². The minimum absolute atomic E-state index is 0.0617. The van der Waals surface area contributed by atoms with Crippen LogP contribution in [0.25, 0.3) is 0 Å². The quantitative estimate of drug-likeness (QED) is 0.248. The minimum Gasteiger partial charge on any atom is -0.466 e. The van der Waals surface area contributed by atoms with Crippen molar-refractivity contribution in [1.82, 2.24) is 0 Å². The highest BCUT2D eigenvalue weighted by Crippen LogP contribution is 2.23. The number of hydrogen-bond acceptors (Lipinski definition) is 5. The van der Waals surface area contributed by atoms with E-state index in [-0.39, 0.29) is 31.2 Å². The summed E-state index contributed by atoms with van der Waals surface area (Å²) in [6.45, 7) is 2.52. The second kappa shape index (κ2) is 14.7. The van der Waals surface area contributed by atoms with Crippen molar-refractivity contribution in [3.8, 4) is 5.75 Å². The number of ether oxygens (including phenoxy) is 3. The van der Waals surface area contributed by atoms with Gasteiger partial charge in [0, 0.05) is 12.8 Å². The van der Waals surface area contributed by atoms with E-state index in [9.17, 15) is 22.8 Å². The zero-order chi connectivity index (χ0) is 22.2. The van der Waals surface area contributed by atoms with Crippen LogP contribution in [0.1, 0.15) is 76.7 Å². The Morgan fingerprint density at radius 2 is 1.37 bits per heavy atom. The molecule has 1 aromatic carbocycles. The van der Waals surface area contributed by atoms with Crippen molar-refractivity contribution in [1.29, 1.82) is 0 Å². The van der Waals surface area contributed by atoms with Gasteiger partial charge in [-0.2, -0.15) is 0 Å². The molecule has 0 saturated heterocycles. The Kier molecular flexibility index (Phi) is 12.6. The third-order valence-corrected chi connectivity index (χ3v) is 4.33. The largest absolute Gasteiger partial charge is 0.573 e. The van der Waals surface area contributed by atoms with Crippen LogP contribution in [0.3, 0.4) is 0 Å². The van der Waals surface area contributed by atoms with Crippen molar-refractivity contribution in [2.45, 2.75) is 84.1 Å². The molecular formula is C22H31F3O5. The lowest BCUT2D eigenvalue weighted by Gasteiger charge is -2.09. The summed E-state index contributed by atoms with van der Waals surface area (Å²) >= 11 is 0. The average Bonchev–Trinajstić information content (AvgIpc) is 2.68. The maximum absolute atomic E-state index is 12.1. The van der Waals surface area contributed by atoms with Crippen LogP contribution in [-0.2, 0) is 25.7 Å². The molecule has 170 valence electrons. The van der Waals surface area contributed by atoms with Gasteiger partial charge in [0.2, 0.25) is 0 Å². The van der Waals surface area contributed by atoms with Gasteiger partial charge in [-0.15, -0.1) is 13.2 Å². The molecule has 0 saturated carbocycles. The first-order valence-electron chi connectivity index (χ1n) is 10.5. The van der Waals surface area contributed by atoms with Gasteiger partial charge in [0.15, 0.2) is 0 Å². The van der Waals surface area contributed by atoms with Gasteiger partial charge in [-0.3, -0.25) is 9.59 Å². The highest BCUT2D eigenvalue weighted by molar-refractivity contribution is 5.72. The molecule has 0 aromatic heterocycles. The summed E-state index contributed by atoms with van der Waals surface area (Å²) in [4.78, 5) is 23.4. The standard InChI is InChI=1S/C22H31F3O5/c1-2-3-4-5-6-7-8-16-28-20(26)10-9-11-21(27)29-17-18-12-14-19(15-13-18)30-22(23,24)25/h12-15H,2-11,16-17H2,1H3. The summed E-state index contributed by atoms with van der Waals surface area (Å²) in [5.74, 6) is -1.15. The van der Waals surface area contributed by atoms with Gasteiger partial charge in [-0.05, 0) is 30.5 Å². The highest BCUT2D eigenvalue weighted by Gasteiger charge is 2.30. The number of carbonyl (C=O) groups excluding carboxylic acids is 2. The molecule has 30 heavy (non-hydrogen) atoms. The summed E-state index contributed by atoms with van der Waals surface area (Å²) in [5.41, 5.74) is 0.534. The molecule has 0 spiro atoms. The fourth-order valence-electron chi connectivity index (χ4n) is 2.72. The molecule has 0 N–H and O–H groups in total. The first-order valence-corrected chi connectivity index (χ1v) is 10.5. The Hall–Kier alpha value is -2.25. The topological polar surface area (TPSA) is 61.8 Å². The SMILES string of the molecule is CCCCCCCCCOC(=O)CCCC(=O)OCc1ccc(OC(F)(F)F)cc1. The molecule has 5 nitrogen and oxygen atoms in total. The molecule has 0 aliphatic rings. The second-order valence-corrected chi connectivity index (χ2v) is 7.05. The lowest BCUT2D eigenvalue weighted by Crippen LogP contribution is -2.17. The molecule has 0 heterocycles. The molecule has 0 aliphatic carbocycles. The van der Waals surface area contributed by atoms with Crippen molar-refractivity contribution in [3.05, 3.63) is 29.8 Å². The van der Waals surface area contributed by atoms with E-state index in [0.29, 0.717) is 18.6 Å². The molecule has 0 amide bonds. The molecule has 0 atom stereocenters. The molecule has 0 aliphatic heterocycles. The van der Waals surface area contributed by atoms with Crippen LogP contribution in [0, 0.1) is 0 Å². The summed E-state index contributed by atoms with van der Waals surface area (Å²) in [7, 11) is 0. The lowest BCUT2D eigenvalue weighted by atomic mass is 10.1. The van der Waals surface area contributed by atoms with Gasteiger partial charge in [-0.1, -0.05) is 57.6 Å². The van der Waals surface area contributed by atoms with Gasteiger partial charge in [0.25, 0.3) is 0 Å². The van der Waals surface area contributed by atoms with E-state index in [1.807, 2.05) is 0 Å². The van der Waals surface area contributed by atoms with Crippen molar-refractivity contribution in [2.75, 3.05) is 6.61 Å². The fourth-order valence-corrected chi connectivity index (χ4v) is 2.72. The number of carbonyl (C=O) groups is 2. The number of alkyl halides is 3. The van der Waals surface area contributed by atoms with Crippen molar-refractivity contribution < 1.29 is 37.0 Å². The third-order valence-electron chi connectivity index (χ3n) is 4.33. The van der Waals surface area contributed by atoms with Crippen LogP contribution in [0.2, 0.25) is 0 Å². The predicted octanol–water partition coefficient (Wildman–Crippen LogP) is 6.09. The Morgan fingerprint density at radius 1 is 0.800 bits per heavy atom. The second-order valence-electron chi connectivity index (χ2n) is 7.05. The van der Waals surface area contributed by atoms with Crippen LogP contribution in [-0.4, -0.2) is 24.9 Å². The number of unbranched alkanes of at least 4 members (excludes halogenated alkanes) is 6. The Bertz CT molecular complexity index is 614. The number of halogens is 3. The monoisotopic (exact) mass is 432 g/mol. The van der Waals surface area contributed by atoms with Crippen molar-refractivity contribution >= 4 is 11.9 Å². The predicted molar refractivity (Wildman–Crippen MR) is 106 cm³/mol. The number of esters is 2. The molecule has 0 fully saturated rings. The summed E-state index contributed by atoms with van der Waals surface area (Å²) in [5, 5.41) is 0. The van der Waals surface area contributed by atoms with Gasteiger partial charge >= 0.3 is 18.3 Å². The highest BCUT2D eigenvalue weighted by atomic mass is 19.4. The summed E-state index contributed by atoms with van der Waals surface area (Å²) < 4.78 is 50.3. The van der Waals surface area contributed by atoms with E-state index in [1.54, 1.807) is 0 Å². The molecule has 0 radical (unpaired) electrons. The van der Waals surface area contributed by atoms with E-state index in [0.717, 1.165) is 31.4 Å². The zero-order valence-electron chi connectivity index (χ0n) is 17.5. The Balaban J connectivity index is 2.06. The first-order chi connectivity index (χ1) is 14.3. The molecule has 1 rings (SSSR count). The number of rotatable bonds is 15. The fraction of sp³-hybridized carbons (Fsp3) is 0.636. The molecule has 0 unspecified atom stereocenters. The molecular weight excluding hydrogens is 401 g/mol. The number of benzene rings is 1. The van der Waals surface area contributed by atoms with Crippen LogP contribution in [0.5, 0.6) is 5.75 Å². The van der Waals surface area contributed by atoms with Crippen LogP contribution in [0.4, 0.5) is 13.2 Å². The van der Waals surface area contributed by atoms with Gasteiger partial charge in [0.1, 0.15) is 12.4 Å². The van der Waals surface area contributed by atoms with E-state index >= 15 is 0 Å². The first kappa shape index (κ1) is 25.8. The van der Waals surface area contributed by atoms with Crippen LogP contribution in [0.15, 0.2) is 24.3 Å². The lowest BCUT2D eigenvalue weighted by molar-refractivity contribution is -0.274. The maximum Gasteiger partial charge on any atom is 0.573 e. The molecule has 0 bridgehead atoms. The van der Waals surface area contributed by atoms with Crippen LogP contribution < -0.4 is 4.74 Å². The third kappa shape index (κ3) is 13.8. The molecule has 8 heteroatoms. The Morgan fingerprint density at radius 3 is 1.97 bits per heavy atom. The normalized spacial score (nSPS) is 11.2. The van der Waals surface area contributed by atoms with Gasteiger partial charge < -0.3 is 14.2 Å². The zero-order valence-corrected chi connectivity index (χ0v) is 17.5. The van der Waals surface area contributed by atoms with E-state index in [1.165, 1.54) is 37.8 Å².